The van der Waals surface area contributed by atoms with E-state index in [1.165, 1.54) is 12.8 Å². The summed E-state index contributed by atoms with van der Waals surface area (Å²) in [4.78, 5) is 0. The van der Waals surface area contributed by atoms with Gasteiger partial charge in [0, 0.05) is 23.3 Å². The maximum atomic E-state index is 6.00. The second kappa shape index (κ2) is 6.77. The van der Waals surface area contributed by atoms with Crippen molar-refractivity contribution in [3.63, 3.8) is 0 Å². The van der Waals surface area contributed by atoms with Crippen LogP contribution in [0.25, 0.3) is 0 Å². The van der Waals surface area contributed by atoms with Gasteiger partial charge in [0.25, 0.3) is 0 Å². The SMILES string of the molecule is CCCCC(N)CNc1ccc(Cl)cc1C. The Bertz CT molecular complexity index is 326. The monoisotopic (exact) mass is 240 g/mol. The predicted molar refractivity (Wildman–Crippen MR) is 72.2 cm³/mol. The topological polar surface area (TPSA) is 38.0 Å². The van der Waals surface area contributed by atoms with Crippen molar-refractivity contribution in [1.82, 2.24) is 0 Å². The zero-order valence-corrected chi connectivity index (χ0v) is 10.8. The summed E-state index contributed by atoms with van der Waals surface area (Å²) >= 11 is 5.90. The molecule has 1 aromatic carbocycles. The van der Waals surface area contributed by atoms with Gasteiger partial charge in [-0.05, 0) is 37.1 Å². The smallest absolute Gasteiger partial charge is 0.0410 e. The molecule has 3 N–H and O–H groups in total. The highest BCUT2D eigenvalue weighted by Crippen LogP contribution is 2.19. The van der Waals surface area contributed by atoms with Crippen LogP contribution in [0.15, 0.2) is 18.2 Å². The number of rotatable bonds is 6. The van der Waals surface area contributed by atoms with Crippen LogP contribution in [0.2, 0.25) is 5.02 Å². The third kappa shape index (κ3) is 4.42. The van der Waals surface area contributed by atoms with E-state index >= 15 is 0 Å². The van der Waals surface area contributed by atoms with E-state index in [-0.39, 0.29) is 6.04 Å². The van der Waals surface area contributed by atoms with Gasteiger partial charge in [0.15, 0.2) is 0 Å². The van der Waals surface area contributed by atoms with Crippen LogP contribution in [0.1, 0.15) is 31.7 Å². The first-order chi connectivity index (χ1) is 7.63. The average Bonchev–Trinajstić information content (AvgIpc) is 2.25. The lowest BCUT2D eigenvalue weighted by Crippen LogP contribution is -2.29. The molecule has 0 aliphatic heterocycles. The first kappa shape index (κ1) is 13.3. The van der Waals surface area contributed by atoms with E-state index in [1.807, 2.05) is 25.1 Å². The second-order valence-electron chi connectivity index (χ2n) is 4.24. The molecule has 1 atom stereocenters. The molecule has 90 valence electrons. The first-order valence-electron chi connectivity index (χ1n) is 5.89. The third-order valence-electron chi connectivity index (χ3n) is 2.67. The van der Waals surface area contributed by atoms with Gasteiger partial charge in [0.05, 0.1) is 0 Å². The molecule has 0 saturated carbocycles. The van der Waals surface area contributed by atoms with E-state index < -0.39 is 0 Å². The highest BCUT2D eigenvalue weighted by atomic mass is 35.5. The van der Waals surface area contributed by atoms with Gasteiger partial charge in [0.2, 0.25) is 0 Å². The van der Waals surface area contributed by atoms with Crippen molar-refractivity contribution in [2.24, 2.45) is 5.73 Å². The van der Waals surface area contributed by atoms with E-state index in [0.29, 0.717) is 0 Å². The van der Waals surface area contributed by atoms with Crippen molar-refractivity contribution in [3.05, 3.63) is 28.8 Å². The number of benzene rings is 1. The zero-order valence-electron chi connectivity index (χ0n) is 10.1. The molecule has 2 nitrogen and oxygen atoms in total. The number of nitrogens with one attached hydrogen (secondary N) is 1. The fraction of sp³-hybridized carbons (Fsp3) is 0.538. The minimum Gasteiger partial charge on any atom is -0.383 e. The molecule has 16 heavy (non-hydrogen) atoms. The number of hydrogen-bond donors (Lipinski definition) is 2. The zero-order chi connectivity index (χ0) is 12.0. The molecule has 0 bridgehead atoms. The fourth-order valence-corrected chi connectivity index (χ4v) is 1.86. The van der Waals surface area contributed by atoms with Crippen LogP contribution in [-0.4, -0.2) is 12.6 Å². The Morgan fingerprint density at radius 2 is 2.19 bits per heavy atom. The molecule has 1 unspecified atom stereocenters. The Morgan fingerprint density at radius 3 is 2.81 bits per heavy atom. The highest BCUT2D eigenvalue weighted by Gasteiger charge is 2.03. The fourth-order valence-electron chi connectivity index (χ4n) is 1.63. The van der Waals surface area contributed by atoms with Gasteiger partial charge in [-0.25, -0.2) is 0 Å². The predicted octanol–water partition coefficient (Wildman–Crippen LogP) is 3.58. The summed E-state index contributed by atoms with van der Waals surface area (Å²) in [6.45, 7) is 5.05. The lowest BCUT2D eigenvalue weighted by Gasteiger charge is -2.14. The number of nitrogens with two attached hydrogens (primary N) is 1. The summed E-state index contributed by atoms with van der Waals surface area (Å²) in [6.07, 6.45) is 3.48. The Morgan fingerprint density at radius 1 is 1.44 bits per heavy atom. The number of unbranched alkanes of at least 4 members (excludes halogenated alkanes) is 1. The van der Waals surface area contributed by atoms with Crippen LogP contribution < -0.4 is 11.1 Å². The van der Waals surface area contributed by atoms with Crippen molar-refractivity contribution >= 4 is 17.3 Å². The van der Waals surface area contributed by atoms with Crippen molar-refractivity contribution in [2.75, 3.05) is 11.9 Å². The van der Waals surface area contributed by atoms with E-state index in [9.17, 15) is 0 Å². The van der Waals surface area contributed by atoms with Crippen LogP contribution in [0, 0.1) is 6.92 Å². The molecular weight excluding hydrogens is 220 g/mol. The quantitative estimate of drug-likeness (QED) is 0.798. The van der Waals surface area contributed by atoms with E-state index in [2.05, 4.69) is 12.2 Å². The van der Waals surface area contributed by atoms with Crippen LogP contribution in [0.3, 0.4) is 0 Å². The van der Waals surface area contributed by atoms with Gasteiger partial charge < -0.3 is 11.1 Å². The molecule has 0 spiro atoms. The van der Waals surface area contributed by atoms with Crippen LogP contribution in [-0.2, 0) is 0 Å². The average molecular weight is 241 g/mol. The maximum absolute atomic E-state index is 6.00. The summed E-state index contributed by atoms with van der Waals surface area (Å²) in [5.74, 6) is 0. The van der Waals surface area contributed by atoms with Gasteiger partial charge >= 0.3 is 0 Å². The molecular formula is C13H21ClN2. The second-order valence-corrected chi connectivity index (χ2v) is 4.68. The van der Waals surface area contributed by atoms with Gasteiger partial charge in [0.1, 0.15) is 0 Å². The normalized spacial score (nSPS) is 12.5. The van der Waals surface area contributed by atoms with Gasteiger partial charge in [-0.15, -0.1) is 0 Å². The van der Waals surface area contributed by atoms with Crippen molar-refractivity contribution < 1.29 is 0 Å². The van der Waals surface area contributed by atoms with Crippen LogP contribution in [0.5, 0.6) is 0 Å². The standard InChI is InChI=1S/C13H21ClN2/c1-3-4-5-12(15)9-16-13-7-6-11(14)8-10(13)2/h6-8,12,16H,3-5,9,15H2,1-2H3. The van der Waals surface area contributed by atoms with Crippen LogP contribution in [0.4, 0.5) is 5.69 Å². The molecule has 0 aliphatic carbocycles. The number of anilines is 1. The van der Waals surface area contributed by atoms with Gasteiger partial charge in [-0.2, -0.15) is 0 Å². The molecule has 0 heterocycles. The Balaban J connectivity index is 2.42. The Labute approximate surface area is 103 Å². The first-order valence-corrected chi connectivity index (χ1v) is 6.27. The maximum Gasteiger partial charge on any atom is 0.0410 e. The minimum absolute atomic E-state index is 0.232. The molecule has 0 fully saturated rings. The van der Waals surface area contributed by atoms with E-state index in [1.54, 1.807) is 0 Å². The number of halogens is 1. The number of hydrogen-bond acceptors (Lipinski definition) is 2. The Hall–Kier alpha value is -0.730. The van der Waals surface area contributed by atoms with E-state index in [0.717, 1.165) is 29.2 Å². The minimum atomic E-state index is 0.232. The summed E-state index contributed by atoms with van der Waals surface area (Å²) in [5, 5.41) is 4.14. The molecule has 0 aromatic heterocycles. The van der Waals surface area contributed by atoms with E-state index in [4.69, 9.17) is 17.3 Å². The lowest BCUT2D eigenvalue weighted by molar-refractivity contribution is 0.596. The molecule has 0 amide bonds. The lowest BCUT2D eigenvalue weighted by atomic mass is 10.1. The molecule has 3 heteroatoms. The highest BCUT2D eigenvalue weighted by molar-refractivity contribution is 6.30. The largest absolute Gasteiger partial charge is 0.383 e. The molecule has 1 aromatic rings. The van der Waals surface area contributed by atoms with Crippen molar-refractivity contribution in [3.8, 4) is 0 Å². The molecule has 0 aliphatic rings. The summed E-state index contributed by atoms with van der Waals surface area (Å²) in [7, 11) is 0. The summed E-state index contributed by atoms with van der Waals surface area (Å²) in [6, 6.07) is 6.09. The molecule has 0 radical (unpaired) electrons. The summed E-state index contributed by atoms with van der Waals surface area (Å²) in [5.41, 5.74) is 8.28. The Kier molecular flexibility index (Phi) is 5.64. The molecule has 1 rings (SSSR count). The van der Waals surface area contributed by atoms with Gasteiger partial charge in [-0.1, -0.05) is 31.4 Å². The third-order valence-corrected chi connectivity index (χ3v) is 2.91. The summed E-state index contributed by atoms with van der Waals surface area (Å²) < 4.78 is 0. The van der Waals surface area contributed by atoms with Crippen molar-refractivity contribution in [2.45, 2.75) is 39.2 Å². The van der Waals surface area contributed by atoms with Gasteiger partial charge in [-0.3, -0.25) is 0 Å². The van der Waals surface area contributed by atoms with Crippen LogP contribution >= 0.6 is 11.6 Å². The van der Waals surface area contributed by atoms with Crippen molar-refractivity contribution in [1.29, 1.82) is 0 Å². The number of aryl methyl sites for hydroxylation is 1. The molecule has 0 saturated heterocycles.